The molecule has 2 saturated heterocycles. The van der Waals surface area contributed by atoms with E-state index in [1.165, 1.54) is 5.56 Å². The summed E-state index contributed by atoms with van der Waals surface area (Å²) in [6.07, 6.45) is 7.33. The number of nitriles is 1. The molecule has 6 rings (SSSR count). The Labute approximate surface area is 251 Å². The zero-order valence-corrected chi connectivity index (χ0v) is 24.5. The van der Waals surface area contributed by atoms with Gasteiger partial charge in [0.2, 0.25) is 0 Å². The summed E-state index contributed by atoms with van der Waals surface area (Å²) in [4.78, 5) is 39.1. The van der Waals surface area contributed by atoms with Crippen molar-refractivity contribution in [2.24, 2.45) is 13.0 Å². The van der Waals surface area contributed by atoms with E-state index in [0.717, 1.165) is 62.1 Å². The molecule has 0 bridgehead atoms. The number of aryl methyl sites for hydroxylation is 1. The number of nitrogens with zero attached hydrogens (tertiary/aromatic N) is 6. The molecule has 2 aliphatic heterocycles. The summed E-state index contributed by atoms with van der Waals surface area (Å²) in [5.74, 6) is 1.12. The van der Waals surface area contributed by atoms with Gasteiger partial charge in [0.15, 0.2) is 5.78 Å². The van der Waals surface area contributed by atoms with Gasteiger partial charge in [0.25, 0.3) is 5.91 Å². The molecule has 4 aromatic rings. The Morgan fingerprint density at radius 1 is 0.953 bits per heavy atom. The quantitative estimate of drug-likeness (QED) is 0.272. The smallest absolute Gasteiger partial charge is 0.272 e. The topological polar surface area (TPSA) is 104 Å². The van der Waals surface area contributed by atoms with Crippen LogP contribution in [0.2, 0.25) is 0 Å². The first-order valence-electron chi connectivity index (χ1n) is 15.0. The third-order valence-electron chi connectivity index (χ3n) is 8.70. The molecule has 0 N–H and O–H groups in total. The van der Waals surface area contributed by atoms with Crippen LogP contribution in [0.1, 0.15) is 64.1 Å². The summed E-state index contributed by atoms with van der Waals surface area (Å²) in [5.41, 5.74) is 4.77. The predicted molar refractivity (Wildman–Crippen MR) is 163 cm³/mol. The summed E-state index contributed by atoms with van der Waals surface area (Å²) in [7, 11) is 1.97. The number of aromatic nitrogens is 3. The number of ketones is 1. The van der Waals surface area contributed by atoms with Gasteiger partial charge in [-0.2, -0.15) is 5.26 Å². The molecule has 0 spiro atoms. The normalized spacial score (nSPS) is 16.7. The second-order valence-corrected chi connectivity index (χ2v) is 11.7. The predicted octanol–water partition coefficient (Wildman–Crippen LogP) is 5.01. The van der Waals surface area contributed by atoms with Gasteiger partial charge in [-0.05, 0) is 73.8 Å². The molecule has 2 fully saturated rings. The lowest BCUT2D eigenvalue weighted by Crippen LogP contribution is -2.42. The fraction of sp³-hybridized carbons (Fsp3) is 0.382. The molecule has 2 aliphatic rings. The minimum atomic E-state index is -0.109. The van der Waals surface area contributed by atoms with E-state index in [9.17, 15) is 9.59 Å². The number of carbonyl (C=O) groups excluding carboxylic acids is 2. The second-order valence-electron chi connectivity index (χ2n) is 11.7. The van der Waals surface area contributed by atoms with Crippen LogP contribution in [-0.2, 0) is 13.6 Å². The van der Waals surface area contributed by atoms with Crippen LogP contribution in [0, 0.1) is 17.2 Å². The average molecular weight is 577 g/mol. The SMILES string of the molecule is Cn1cnc2cc(OC3CCN(C(=O)c4ccc(C(=O)CC5CCN(Cc6ccc(C#N)cc6)CC5)cn4)CC3)ccc21. The van der Waals surface area contributed by atoms with Crippen molar-refractivity contribution in [3.63, 3.8) is 0 Å². The highest BCUT2D eigenvalue weighted by Crippen LogP contribution is 2.25. The van der Waals surface area contributed by atoms with E-state index in [-0.39, 0.29) is 17.8 Å². The summed E-state index contributed by atoms with van der Waals surface area (Å²) in [5, 5.41) is 8.98. The summed E-state index contributed by atoms with van der Waals surface area (Å²) >= 11 is 0. The monoisotopic (exact) mass is 576 g/mol. The molecule has 9 heteroatoms. The number of imidazole rings is 1. The first-order chi connectivity index (χ1) is 20.9. The zero-order chi connectivity index (χ0) is 29.8. The molecule has 0 aliphatic carbocycles. The number of amides is 1. The van der Waals surface area contributed by atoms with E-state index >= 15 is 0 Å². The number of piperidine rings is 2. The average Bonchev–Trinajstić information content (AvgIpc) is 3.42. The largest absolute Gasteiger partial charge is 0.490 e. The number of fused-ring (bicyclic) bond motifs is 1. The fourth-order valence-corrected chi connectivity index (χ4v) is 6.08. The molecule has 0 unspecified atom stereocenters. The highest BCUT2D eigenvalue weighted by Gasteiger charge is 2.26. The summed E-state index contributed by atoms with van der Waals surface area (Å²) in [6, 6.07) is 19.3. The van der Waals surface area contributed by atoms with Crippen LogP contribution in [0.5, 0.6) is 5.75 Å². The second kappa shape index (κ2) is 12.8. The Balaban J connectivity index is 0.944. The highest BCUT2D eigenvalue weighted by molar-refractivity contribution is 5.97. The number of hydrogen-bond donors (Lipinski definition) is 0. The van der Waals surface area contributed by atoms with E-state index in [4.69, 9.17) is 10.00 Å². The van der Waals surface area contributed by atoms with Crippen molar-refractivity contribution < 1.29 is 14.3 Å². The molecular formula is C34H36N6O3. The number of Topliss-reactive ketones (excluding diaryl/α,β-unsaturated/α-hetero) is 1. The molecule has 0 saturated carbocycles. The van der Waals surface area contributed by atoms with Gasteiger partial charge in [-0.1, -0.05) is 12.1 Å². The summed E-state index contributed by atoms with van der Waals surface area (Å²) in [6.45, 7) is 3.96. The molecule has 0 radical (unpaired) electrons. The molecule has 220 valence electrons. The van der Waals surface area contributed by atoms with E-state index in [1.807, 2.05) is 59.0 Å². The number of benzene rings is 2. The first kappa shape index (κ1) is 28.6. The van der Waals surface area contributed by atoms with E-state index < -0.39 is 0 Å². The van der Waals surface area contributed by atoms with E-state index in [2.05, 4.69) is 20.9 Å². The van der Waals surface area contributed by atoms with Gasteiger partial charge in [0.05, 0.1) is 29.0 Å². The number of pyridine rings is 1. The van der Waals surface area contributed by atoms with Gasteiger partial charge >= 0.3 is 0 Å². The molecule has 43 heavy (non-hydrogen) atoms. The Morgan fingerprint density at radius 3 is 2.42 bits per heavy atom. The lowest BCUT2D eigenvalue weighted by molar-refractivity contribution is 0.0590. The Kier molecular flexibility index (Phi) is 8.47. The molecule has 2 aromatic heterocycles. The van der Waals surface area contributed by atoms with Crippen molar-refractivity contribution in [2.45, 2.75) is 44.8 Å². The Morgan fingerprint density at radius 2 is 1.72 bits per heavy atom. The maximum Gasteiger partial charge on any atom is 0.272 e. The van der Waals surface area contributed by atoms with Crippen molar-refractivity contribution in [3.05, 3.63) is 89.5 Å². The van der Waals surface area contributed by atoms with Crippen molar-refractivity contribution in [3.8, 4) is 11.8 Å². The van der Waals surface area contributed by atoms with Gasteiger partial charge in [-0.3, -0.25) is 19.5 Å². The standard InChI is InChI=1S/C34H36N6O3/c1-38-23-37-31-19-29(7-9-32(31)38)43-28-12-16-40(17-13-28)34(42)30-8-6-27(21-36-30)33(41)18-24-10-14-39(15-11-24)22-26-4-2-25(20-35)3-5-26/h2-9,19,21,23-24,28H,10-18,22H2,1H3. The Bertz CT molecular complexity index is 1620. The van der Waals surface area contributed by atoms with Crippen LogP contribution in [0.4, 0.5) is 0 Å². The van der Waals surface area contributed by atoms with Crippen molar-refractivity contribution in [1.82, 2.24) is 24.3 Å². The van der Waals surface area contributed by atoms with Crippen LogP contribution < -0.4 is 4.74 Å². The first-order valence-corrected chi connectivity index (χ1v) is 15.0. The number of carbonyl (C=O) groups is 2. The molecule has 0 atom stereocenters. The van der Waals surface area contributed by atoms with E-state index in [1.54, 1.807) is 24.7 Å². The van der Waals surface area contributed by atoms with Crippen molar-refractivity contribution in [2.75, 3.05) is 26.2 Å². The molecule has 4 heterocycles. The van der Waals surface area contributed by atoms with Gasteiger partial charge < -0.3 is 14.2 Å². The van der Waals surface area contributed by atoms with Crippen LogP contribution >= 0.6 is 0 Å². The van der Waals surface area contributed by atoms with Gasteiger partial charge in [-0.15, -0.1) is 0 Å². The highest BCUT2D eigenvalue weighted by atomic mass is 16.5. The zero-order valence-electron chi connectivity index (χ0n) is 24.5. The van der Waals surface area contributed by atoms with Gasteiger partial charge in [0.1, 0.15) is 17.5 Å². The van der Waals surface area contributed by atoms with Crippen LogP contribution in [0.25, 0.3) is 11.0 Å². The van der Waals surface area contributed by atoms with Crippen LogP contribution in [-0.4, -0.2) is 68.3 Å². The Hall–Kier alpha value is -4.55. The van der Waals surface area contributed by atoms with Gasteiger partial charge in [-0.25, -0.2) is 4.98 Å². The lowest BCUT2D eigenvalue weighted by Gasteiger charge is -2.32. The van der Waals surface area contributed by atoms with Crippen LogP contribution in [0.3, 0.4) is 0 Å². The lowest BCUT2D eigenvalue weighted by atomic mass is 9.90. The third-order valence-corrected chi connectivity index (χ3v) is 8.70. The van der Waals surface area contributed by atoms with Gasteiger partial charge in [0, 0.05) is 63.8 Å². The minimum Gasteiger partial charge on any atom is -0.490 e. The molecule has 1 amide bonds. The maximum absolute atomic E-state index is 13.1. The fourth-order valence-electron chi connectivity index (χ4n) is 6.08. The maximum atomic E-state index is 13.1. The molecule has 9 nitrogen and oxygen atoms in total. The third kappa shape index (κ3) is 6.76. The van der Waals surface area contributed by atoms with Crippen molar-refractivity contribution >= 4 is 22.7 Å². The summed E-state index contributed by atoms with van der Waals surface area (Å²) < 4.78 is 8.18. The minimum absolute atomic E-state index is 0.0426. The van der Waals surface area contributed by atoms with E-state index in [0.29, 0.717) is 42.2 Å². The number of hydrogen-bond acceptors (Lipinski definition) is 7. The van der Waals surface area contributed by atoms with Crippen molar-refractivity contribution in [1.29, 1.82) is 5.26 Å². The number of ether oxygens (including phenoxy) is 1. The molecular weight excluding hydrogens is 540 g/mol. The number of rotatable bonds is 8. The number of likely N-dealkylation sites (tertiary alicyclic amines) is 2. The van der Waals surface area contributed by atoms with Crippen LogP contribution in [0.15, 0.2) is 67.1 Å². The molecule has 2 aromatic carbocycles.